The van der Waals surface area contributed by atoms with Crippen molar-refractivity contribution in [3.63, 3.8) is 0 Å². The summed E-state index contributed by atoms with van der Waals surface area (Å²) in [6.07, 6.45) is 2.84. The summed E-state index contributed by atoms with van der Waals surface area (Å²) in [6, 6.07) is 21.0. The highest BCUT2D eigenvalue weighted by molar-refractivity contribution is 5.22. The summed E-state index contributed by atoms with van der Waals surface area (Å²) in [7, 11) is 0. The molecule has 0 aliphatic carbocycles. The third kappa shape index (κ3) is 4.51. The van der Waals surface area contributed by atoms with Crippen molar-refractivity contribution < 1.29 is 0 Å². The second-order valence-corrected chi connectivity index (χ2v) is 5.04. The average molecular weight is 256 g/mol. The molecule has 0 aromatic heterocycles. The van der Waals surface area contributed by atoms with Crippen LogP contribution < -0.4 is 11.9 Å². The third-order valence-corrected chi connectivity index (χ3v) is 3.50. The first-order valence-corrected chi connectivity index (χ1v) is 6.58. The lowest BCUT2D eigenvalue weighted by Crippen LogP contribution is -2.43. The molecule has 0 amide bonds. The van der Waals surface area contributed by atoms with E-state index < -0.39 is 0 Å². The Hall–Kier alpha value is -1.64. The van der Waals surface area contributed by atoms with E-state index in [-0.39, 0.29) is 11.7 Å². The van der Waals surface area contributed by atoms with E-state index in [1.165, 1.54) is 11.1 Å². The molecule has 0 saturated carbocycles. The lowest BCUT2D eigenvalue weighted by molar-refractivity contribution is 0.404. The predicted octanol–water partition coefficient (Wildman–Crippen LogP) is 3.74. The Kier molecular flexibility index (Phi) is 5.74. The van der Waals surface area contributed by atoms with Crippen LogP contribution in [-0.2, 0) is 12.8 Å². The molecule has 102 valence electrons. The van der Waals surface area contributed by atoms with Crippen molar-refractivity contribution in [1.29, 1.82) is 0 Å². The van der Waals surface area contributed by atoms with Crippen molar-refractivity contribution in [2.45, 2.75) is 31.7 Å². The van der Waals surface area contributed by atoms with Crippen LogP contribution in [0.3, 0.4) is 0 Å². The smallest absolute Gasteiger partial charge is 0.0233 e. The normalized spacial score (nSPS) is 10.8. The van der Waals surface area contributed by atoms with Crippen LogP contribution in [0.2, 0.25) is 0 Å². The number of hydrogen-bond donors (Lipinski definition) is 2. The minimum absolute atomic E-state index is 0. The molecule has 0 fully saturated rings. The molecule has 0 aliphatic heterocycles. The average Bonchev–Trinajstić information content (AvgIpc) is 2.41. The van der Waals surface area contributed by atoms with E-state index in [0.717, 1.165) is 19.3 Å². The lowest BCUT2D eigenvalue weighted by atomic mass is 9.83. The van der Waals surface area contributed by atoms with Gasteiger partial charge in [0.1, 0.15) is 0 Å². The molecule has 0 saturated heterocycles. The number of hydrogen-bond acceptors (Lipinski definition) is 2. The van der Waals surface area contributed by atoms with Gasteiger partial charge in [0.25, 0.3) is 0 Å². The van der Waals surface area contributed by atoms with Crippen molar-refractivity contribution in [1.82, 2.24) is 6.15 Å². The van der Waals surface area contributed by atoms with Crippen LogP contribution in [0.25, 0.3) is 0 Å². The Morgan fingerprint density at radius 1 is 0.789 bits per heavy atom. The van der Waals surface area contributed by atoms with Gasteiger partial charge in [-0.25, -0.2) is 0 Å². The maximum absolute atomic E-state index is 6.56. The molecular formula is C17H24N2. The maximum atomic E-state index is 6.56. The molecule has 0 aliphatic rings. The molecule has 2 heteroatoms. The van der Waals surface area contributed by atoms with Gasteiger partial charge in [0, 0.05) is 5.54 Å². The fourth-order valence-corrected chi connectivity index (χ4v) is 2.32. The van der Waals surface area contributed by atoms with Crippen molar-refractivity contribution in [2.24, 2.45) is 5.73 Å². The topological polar surface area (TPSA) is 61.0 Å². The minimum Gasteiger partial charge on any atom is -0.344 e. The minimum atomic E-state index is -0.150. The Bertz CT molecular complexity index is 424. The van der Waals surface area contributed by atoms with Gasteiger partial charge in [-0.2, -0.15) is 0 Å². The second-order valence-electron chi connectivity index (χ2n) is 5.04. The van der Waals surface area contributed by atoms with Gasteiger partial charge in [0.15, 0.2) is 0 Å². The Morgan fingerprint density at radius 3 is 1.47 bits per heavy atom. The van der Waals surface area contributed by atoms with E-state index in [1.54, 1.807) is 0 Å². The quantitative estimate of drug-likeness (QED) is 0.856. The van der Waals surface area contributed by atoms with Gasteiger partial charge in [0.05, 0.1) is 0 Å². The van der Waals surface area contributed by atoms with Crippen molar-refractivity contribution >= 4 is 0 Å². The van der Waals surface area contributed by atoms with Gasteiger partial charge in [-0.3, -0.25) is 0 Å². The number of benzene rings is 2. The lowest BCUT2D eigenvalue weighted by Gasteiger charge is -2.28. The number of rotatable bonds is 5. The summed E-state index contributed by atoms with van der Waals surface area (Å²) in [5, 5.41) is 0. The zero-order chi connectivity index (χ0) is 12.8. The molecule has 0 atom stereocenters. The summed E-state index contributed by atoms with van der Waals surface area (Å²) in [6.45, 7) is 2.17. The highest BCUT2D eigenvalue weighted by Gasteiger charge is 2.23. The molecule has 2 aromatic rings. The molecule has 0 heterocycles. The van der Waals surface area contributed by atoms with E-state index in [2.05, 4.69) is 55.5 Å². The van der Waals surface area contributed by atoms with Gasteiger partial charge in [-0.15, -0.1) is 0 Å². The first-order chi connectivity index (χ1) is 8.72. The van der Waals surface area contributed by atoms with Crippen LogP contribution in [0, 0.1) is 0 Å². The molecule has 0 bridgehead atoms. The van der Waals surface area contributed by atoms with Gasteiger partial charge < -0.3 is 11.9 Å². The Balaban J connectivity index is 0.00000180. The van der Waals surface area contributed by atoms with Crippen LogP contribution >= 0.6 is 0 Å². The van der Waals surface area contributed by atoms with Gasteiger partial charge in [-0.05, 0) is 30.4 Å². The predicted molar refractivity (Wildman–Crippen MR) is 82.5 cm³/mol. The Morgan fingerprint density at radius 2 is 1.16 bits per heavy atom. The monoisotopic (exact) mass is 256 g/mol. The summed E-state index contributed by atoms with van der Waals surface area (Å²) in [5.41, 5.74) is 9.05. The maximum Gasteiger partial charge on any atom is 0.0233 e. The van der Waals surface area contributed by atoms with E-state index >= 15 is 0 Å². The standard InChI is InChI=1S/C17H21N.H3N/c1-2-17(18,13-15-9-5-3-6-10-15)14-16-11-7-4-8-12-16;/h3-12H,2,13-14,18H2,1H3;1H3. The van der Waals surface area contributed by atoms with E-state index in [1.807, 2.05) is 12.1 Å². The molecule has 2 rings (SSSR count). The zero-order valence-electron chi connectivity index (χ0n) is 11.7. The van der Waals surface area contributed by atoms with Crippen molar-refractivity contribution in [3.05, 3.63) is 71.8 Å². The first kappa shape index (κ1) is 15.4. The van der Waals surface area contributed by atoms with E-state index in [4.69, 9.17) is 5.73 Å². The number of nitrogens with two attached hydrogens (primary N) is 1. The molecule has 5 N–H and O–H groups in total. The van der Waals surface area contributed by atoms with Gasteiger partial charge >= 0.3 is 0 Å². The molecule has 0 spiro atoms. The van der Waals surface area contributed by atoms with Crippen LogP contribution in [0.4, 0.5) is 0 Å². The summed E-state index contributed by atoms with van der Waals surface area (Å²) < 4.78 is 0. The zero-order valence-corrected chi connectivity index (χ0v) is 11.7. The third-order valence-electron chi connectivity index (χ3n) is 3.50. The molecule has 19 heavy (non-hydrogen) atoms. The summed E-state index contributed by atoms with van der Waals surface area (Å²) in [4.78, 5) is 0. The van der Waals surface area contributed by atoms with Crippen molar-refractivity contribution in [3.8, 4) is 0 Å². The van der Waals surface area contributed by atoms with E-state index in [9.17, 15) is 0 Å². The molecule has 0 radical (unpaired) electrons. The van der Waals surface area contributed by atoms with E-state index in [0.29, 0.717) is 0 Å². The molecule has 0 unspecified atom stereocenters. The van der Waals surface area contributed by atoms with Gasteiger partial charge in [-0.1, -0.05) is 67.6 Å². The van der Waals surface area contributed by atoms with Crippen molar-refractivity contribution in [2.75, 3.05) is 0 Å². The van der Waals surface area contributed by atoms with Crippen LogP contribution in [0.1, 0.15) is 24.5 Å². The fraction of sp³-hybridized carbons (Fsp3) is 0.294. The van der Waals surface area contributed by atoms with Gasteiger partial charge in [0.2, 0.25) is 0 Å². The summed E-state index contributed by atoms with van der Waals surface area (Å²) in [5.74, 6) is 0. The largest absolute Gasteiger partial charge is 0.344 e. The van der Waals surface area contributed by atoms with Crippen LogP contribution in [0.15, 0.2) is 60.7 Å². The molecule has 2 nitrogen and oxygen atoms in total. The Labute approximate surface area is 116 Å². The van der Waals surface area contributed by atoms with Crippen LogP contribution in [0.5, 0.6) is 0 Å². The highest BCUT2D eigenvalue weighted by atomic mass is 14.7. The fourth-order valence-electron chi connectivity index (χ4n) is 2.32. The van der Waals surface area contributed by atoms with Crippen LogP contribution in [-0.4, -0.2) is 5.54 Å². The summed E-state index contributed by atoms with van der Waals surface area (Å²) >= 11 is 0. The first-order valence-electron chi connectivity index (χ1n) is 6.58. The highest BCUT2D eigenvalue weighted by Crippen LogP contribution is 2.20. The molecular weight excluding hydrogens is 232 g/mol. The second kappa shape index (κ2) is 7.07. The SMILES string of the molecule is CCC(N)(Cc1ccccc1)Cc1ccccc1.N. The molecule has 2 aromatic carbocycles.